The Morgan fingerprint density at radius 3 is 2.53 bits per heavy atom. The standard InChI is InChI=1S/C11H19N3O/c1-3-11(12,4-2)10-13-9(14-15-10)8-6-5-7-8/h8H,3-7,12H2,1-2H3. The maximum absolute atomic E-state index is 6.19. The highest BCUT2D eigenvalue weighted by molar-refractivity contribution is 5.05. The number of aromatic nitrogens is 2. The molecule has 84 valence electrons. The van der Waals surface area contributed by atoms with Crippen LogP contribution in [0.25, 0.3) is 0 Å². The topological polar surface area (TPSA) is 64.9 Å². The molecule has 1 saturated carbocycles. The molecule has 2 N–H and O–H groups in total. The average Bonchev–Trinajstić information content (AvgIpc) is 2.63. The van der Waals surface area contributed by atoms with Crippen molar-refractivity contribution < 1.29 is 4.52 Å². The molecule has 1 aliphatic carbocycles. The number of nitrogens with zero attached hydrogens (tertiary/aromatic N) is 2. The molecule has 15 heavy (non-hydrogen) atoms. The van der Waals surface area contributed by atoms with Crippen molar-refractivity contribution in [1.82, 2.24) is 10.1 Å². The first-order chi connectivity index (χ1) is 7.19. The molecule has 1 aromatic rings. The first kappa shape index (κ1) is 10.6. The molecule has 4 heteroatoms. The van der Waals surface area contributed by atoms with Gasteiger partial charge in [-0.3, -0.25) is 0 Å². The predicted octanol–water partition coefficient (Wildman–Crippen LogP) is 2.31. The van der Waals surface area contributed by atoms with Crippen LogP contribution in [0.1, 0.15) is 63.6 Å². The van der Waals surface area contributed by atoms with Crippen molar-refractivity contribution in [1.29, 1.82) is 0 Å². The minimum atomic E-state index is -0.436. The van der Waals surface area contributed by atoms with Gasteiger partial charge in [-0.05, 0) is 25.7 Å². The third-order valence-electron chi connectivity index (χ3n) is 3.60. The number of nitrogens with two attached hydrogens (primary N) is 1. The molecule has 1 aromatic heterocycles. The Hall–Kier alpha value is -0.900. The Kier molecular flexibility index (Phi) is 2.78. The molecule has 1 aliphatic rings. The number of rotatable bonds is 4. The van der Waals surface area contributed by atoms with Crippen LogP contribution in [0.3, 0.4) is 0 Å². The second kappa shape index (κ2) is 3.93. The molecule has 0 aromatic carbocycles. The van der Waals surface area contributed by atoms with Crippen molar-refractivity contribution >= 4 is 0 Å². The second-order valence-electron chi connectivity index (χ2n) is 4.45. The lowest BCUT2D eigenvalue weighted by Gasteiger charge is -2.22. The first-order valence-corrected chi connectivity index (χ1v) is 5.82. The van der Waals surface area contributed by atoms with E-state index in [9.17, 15) is 0 Å². The highest BCUT2D eigenvalue weighted by atomic mass is 16.5. The Bertz CT molecular complexity index is 326. The monoisotopic (exact) mass is 209 g/mol. The normalized spacial score (nSPS) is 17.8. The Morgan fingerprint density at radius 2 is 2.07 bits per heavy atom. The number of hydrogen-bond donors (Lipinski definition) is 1. The fourth-order valence-corrected chi connectivity index (χ4v) is 1.82. The fourth-order valence-electron chi connectivity index (χ4n) is 1.82. The van der Waals surface area contributed by atoms with Crippen LogP contribution >= 0.6 is 0 Å². The van der Waals surface area contributed by atoms with E-state index >= 15 is 0 Å². The largest absolute Gasteiger partial charge is 0.337 e. The van der Waals surface area contributed by atoms with Crippen molar-refractivity contribution in [2.24, 2.45) is 5.73 Å². The maximum atomic E-state index is 6.19. The van der Waals surface area contributed by atoms with E-state index in [-0.39, 0.29) is 0 Å². The molecular weight excluding hydrogens is 190 g/mol. The van der Waals surface area contributed by atoms with Crippen molar-refractivity contribution in [2.75, 3.05) is 0 Å². The molecule has 1 heterocycles. The lowest BCUT2D eigenvalue weighted by molar-refractivity contribution is 0.264. The Labute approximate surface area is 90.2 Å². The van der Waals surface area contributed by atoms with Crippen molar-refractivity contribution in [2.45, 2.75) is 57.4 Å². The van der Waals surface area contributed by atoms with Gasteiger partial charge in [-0.25, -0.2) is 0 Å². The third-order valence-corrected chi connectivity index (χ3v) is 3.60. The van der Waals surface area contributed by atoms with Gasteiger partial charge < -0.3 is 10.3 Å². The van der Waals surface area contributed by atoms with Gasteiger partial charge in [0, 0.05) is 5.92 Å². The molecule has 0 atom stereocenters. The highest BCUT2D eigenvalue weighted by Gasteiger charge is 2.32. The SMILES string of the molecule is CCC(N)(CC)c1nc(C2CCC2)no1. The van der Waals surface area contributed by atoms with E-state index in [1.807, 2.05) is 0 Å². The van der Waals surface area contributed by atoms with E-state index in [1.54, 1.807) is 0 Å². The van der Waals surface area contributed by atoms with Crippen LogP contribution in [0.2, 0.25) is 0 Å². The molecular formula is C11H19N3O. The molecule has 0 saturated heterocycles. The molecule has 4 nitrogen and oxygen atoms in total. The fraction of sp³-hybridized carbons (Fsp3) is 0.818. The predicted molar refractivity (Wildman–Crippen MR) is 57.3 cm³/mol. The Balaban J connectivity index is 2.18. The van der Waals surface area contributed by atoms with Crippen LogP contribution in [0.4, 0.5) is 0 Å². The molecule has 0 amide bonds. The van der Waals surface area contributed by atoms with Crippen LogP contribution in [-0.4, -0.2) is 10.1 Å². The van der Waals surface area contributed by atoms with E-state index in [1.165, 1.54) is 19.3 Å². The van der Waals surface area contributed by atoms with E-state index in [2.05, 4.69) is 24.0 Å². The smallest absolute Gasteiger partial charge is 0.246 e. The van der Waals surface area contributed by atoms with Gasteiger partial charge in [-0.15, -0.1) is 0 Å². The zero-order valence-corrected chi connectivity index (χ0v) is 9.49. The van der Waals surface area contributed by atoms with E-state index < -0.39 is 5.54 Å². The summed E-state index contributed by atoms with van der Waals surface area (Å²) >= 11 is 0. The summed E-state index contributed by atoms with van der Waals surface area (Å²) < 4.78 is 5.28. The van der Waals surface area contributed by atoms with Gasteiger partial charge in [0.25, 0.3) is 0 Å². The quantitative estimate of drug-likeness (QED) is 0.826. The summed E-state index contributed by atoms with van der Waals surface area (Å²) in [5.41, 5.74) is 5.76. The zero-order chi connectivity index (χ0) is 10.9. The minimum Gasteiger partial charge on any atom is -0.337 e. The van der Waals surface area contributed by atoms with Gasteiger partial charge in [0.2, 0.25) is 5.89 Å². The maximum Gasteiger partial charge on any atom is 0.246 e. The molecule has 2 rings (SSSR count). The van der Waals surface area contributed by atoms with Crippen LogP contribution in [-0.2, 0) is 5.54 Å². The third kappa shape index (κ3) is 1.78. The van der Waals surface area contributed by atoms with Gasteiger partial charge in [-0.2, -0.15) is 4.98 Å². The molecule has 0 unspecified atom stereocenters. The zero-order valence-electron chi connectivity index (χ0n) is 9.49. The van der Waals surface area contributed by atoms with Crippen molar-refractivity contribution in [3.8, 4) is 0 Å². The van der Waals surface area contributed by atoms with Gasteiger partial charge in [0.05, 0.1) is 5.54 Å². The van der Waals surface area contributed by atoms with E-state index in [0.717, 1.165) is 18.7 Å². The van der Waals surface area contributed by atoms with Gasteiger partial charge in [0.15, 0.2) is 5.82 Å². The van der Waals surface area contributed by atoms with E-state index in [4.69, 9.17) is 10.3 Å². The summed E-state index contributed by atoms with van der Waals surface area (Å²) in [4.78, 5) is 4.44. The van der Waals surface area contributed by atoms with Crippen molar-refractivity contribution in [3.05, 3.63) is 11.7 Å². The highest BCUT2D eigenvalue weighted by Crippen LogP contribution is 2.35. The summed E-state index contributed by atoms with van der Waals surface area (Å²) in [6.45, 7) is 4.10. The summed E-state index contributed by atoms with van der Waals surface area (Å²) in [6.07, 6.45) is 5.32. The van der Waals surface area contributed by atoms with Crippen LogP contribution in [0.5, 0.6) is 0 Å². The molecule has 1 fully saturated rings. The van der Waals surface area contributed by atoms with Gasteiger partial charge >= 0.3 is 0 Å². The minimum absolute atomic E-state index is 0.436. The number of hydrogen-bond acceptors (Lipinski definition) is 4. The first-order valence-electron chi connectivity index (χ1n) is 5.82. The summed E-state index contributed by atoms with van der Waals surface area (Å²) in [6, 6.07) is 0. The summed E-state index contributed by atoms with van der Waals surface area (Å²) in [7, 11) is 0. The molecule has 0 radical (unpaired) electrons. The van der Waals surface area contributed by atoms with Crippen LogP contribution < -0.4 is 5.73 Å². The van der Waals surface area contributed by atoms with Crippen LogP contribution in [0, 0.1) is 0 Å². The molecule has 0 spiro atoms. The second-order valence-corrected chi connectivity index (χ2v) is 4.45. The van der Waals surface area contributed by atoms with E-state index in [0.29, 0.717) is 11.8 Å². The lowest BCUT2D eigenvalue weighted by Crippen LogP contribution is -2.35. The van der Waals surface area contributed by atoms with Gasteiger partial charge in [0.1, 0.15) is 0 Å². The van der Waals surface area contributed by atoms with Crippen molar-refractivity contribution in [3.63, 3.8) is 0 Å². The lowest BCUT2D eigenvalue weighted by atomic mass is 9.85. The van der Waals surface area contributed by atoms with Gasteiger partial charge in [-0.1, -0.05) is 25.4 Å². The molecule has 0 aliphatic heterocycles. The average molecular weight is 209 g/mol. The molecule has 0 bridgehead atoms. The summed E-state index contributed by atoms with van der Waals surface area (Å²) in [5.74, 6) is 1.97. The van der Waals surface area contributed by atoms with Crippen LogP contribution in [0.15, 0.2) is 4.52 Å². The summed E-state index contributed by atoms with van der Waals surface area (Å²) in [5, 5.41) is 4.03. The Morgan fingerprint density at radius 1 is 1.40 bits per heavy atom.